The summed E-state index contributed by atoms with van der Waals surface area (Å²) in [6, 6.07) is 24.1. The number of nitrogens with one attached hydrogen (secondary N) is 1. The number of ether oxygens (including phenoxy) is 1. The molecule has 1 atom stereocenters. The summed E-state index contributed by atoms with van der Waals surface area (Å²) < 4.78 is 5.17. The number of carbonyl (C=O) groups is 2. The van der Waals surface area contributed by atoms with Gasteiger partial charge in [-0.15, -0.1) is 0 Å². The number of hydrogen-bond acceptors (Lipinski definition) is 3. The van der Waals surface area contributed by atoms with Gasteiger partial charge in [0.1, 0.15) is 11.8 Å². The van der Waals surface area contributed by atoms with Gasteiger partial charge in [-0.1, -0.05) is 60.7 Å². The second kappa shape index (κ2) is 9.47. The molecular weight excluding hydrogens is 388 g/mol. The first-order valence-corrected chi connectivity index (χ1v) is 10.5. The van der Waals surface area contributed by atoms with E-state index in [1.165, 1.54) is 5.56 Å². The van der Waals surface area contributed by atoms with E-state index >= 15 is 0 Å². The van der Waals surface area contributed by atoms with Crippen LogP contribution in [0.3, 0.4) is 0 Å². The van der Waals surface area contributed by atoms with Crippen molar-refractivity contribution < 1.29 is 14.3 Å². The Hall–Kier alpha value is -3.60. The normalized spacial score (nSPS) is 13.8. The van der Waals surface area contributed by atoms with Gasteiger partial charge < -0.3 is 15.0 Å². The summed E-state index contributed by atoms with van der Waals surface area (Å²) in [5.41, 5.74) is 3.74. The second-order valence-corrected chi connectivity index (χ2v) is 7.66. The molecule has 1 aliphatic heterocycles. The largest absolute Gasteiger partial charge is 0.497 e. The number of methoxy groups -OCH3 is 1. The van der Waals surface area contributed by atoms with Crippen molar-refractivity contribution in [3.05, 3.63) is 95.6 Å². The first-order valence-electron chi connectivity index (χ1n) is 10.5. The van der Waals surface area contributed by atoms with Crippen LogP contribution in [0.1, 0.15) is 29.2 Å². The lowest BCUT2D eigenvalue weighted by atomic mass is 9.99. The van der Waals surface area contributed by atoms with E-state index in [1.807, 2.05) is 77.7 Å². The van der Waals surface area contributed by atoms with Crippen molar-refractivity contribution in [2.45, 2.75) is 25.3 Å². The van der Waals surface area contributed by atoms with Gasteiger partial charge in [-0.25, -0.2) is 0 Å². The zero-order chi connectivity index (χ0) is 21.6. The third-order valence-corrected chi connectivity index (χ3v) is 5.59. The molecule has 1 aliphatic rings. The van der Waals surface area contributed by atoms with Crippen LogP contribution in [0.15, 0.2) is 78.9 Å². The fourth-order valence-corrected chi connectivity index (χ4v) is 3.99. The predicted octanol–water partition coefficient (Wildman–Crippen LogP) is 4.07. The monoisotopic (exact) mass is 414 g/mol. The lowest BCUT2D eigenvalue weighted by molar-refractivity contribution is -0.127. The smallest absolute Gasteiger partial charge is 0.254 e. The zero-order valence-corrected chi connectivity index (χ0v) is 17.6. The molecule has 1 N–H and O–H groups in total. The minimum absolute atomic E-state index is 0.110. The number of para-hydroxylation sites is 1. The lowest BCUT2D eigenvalue weighted by Gasteiger charge is -2.32. The number of aryl methyl sites for hydroxylation is 1. The van der Waals surface area contributed by atoms with E-state index in [-0.39, 0.29) is 18.2 Å². The fourth-order valence-electron chi connectivity index (χ4n) is 3.99. The Kier molecular flexibility index (Phi) is 6.32. The minimum Gasteiger partial charge on any atom is -0.497 e. The molecule has 0 fully saturated rings. The molecule has 5 heteroatoms. The summed E-state index contributed by atoms with van der Waals surface area (Å²) in [4.78, 5) is 28.3. The maximum atomic E-state index is 13.6. The Bertz CT molecular complexity index is 1050. The highest BCUT2D eigenvalue weighted by molar-refractivity contribution is 6.00. The molecule has 1 heterocycles. The third-order valence-electron chi connectivity index (χ3n) is 5.59. The van der Waals surface area contributed by atoms with Crippen LogP contribution < -0.4 is 15.0 Å². The van der Waals surface area contributed by atoms with Gasteiger partial charge >= 0.3 is 0 Å². The molecule has 5 nitrogen and oxygen atoms in total. The second-order valence-electron chi connectivity index (χ2n) is 7.66. The molecule has 31 heavy (non-hydrogen) atoms. The van der Waals surface area contributed by atoms with Gasteiger partial charge in [0, 0.05) is 12.2 Å². The van der Waals surface area contributed by atoms with Gasteiger partial charge in [0.2, 0.25) is 5.91 Å². The van der Waals surface area contributed by atoms with Gasteiger partial charge in [-0.3, -0.25) is 9.59 Å². The number of hydrogen-bond donors (Lipinski definition) is 1. The average Bonchev–Trinajstić information content (AvgIpc) is 2.83. The van der Waals surface area contributed by atoms with Crippen LogP contribution in [0, 0.1) is 0 Å². The Labute approximate surface area is 182 Å². The van der Waals surface area contributed by atoms with Crippen molar-refractivity contribution in [3.63, 3.8) is 0 Å². The first kappa shape index (κ1) is 20.7. The van der Waals surface area contributed by atoms with Gasteiger partial charge in [-0.05, 0) is 47.7 Å². The first-order chi connectivity index (χ1) is 15.2. The summed E-state index contributed by atoms with van der Waals surface area (Å²) in [6.45, 7) is 0.646. The van der Waals surface area contributed by atoms with Crippen molar-refractivity contribution in [1.29, 1.82) is 0 Å². The molecule has 0 saturated heterocycles. The van der Waals surface area contributed by atoms with Gasteiger partial charge in [0.05, 0.1) is 13.5 Å². The number of fused-ring (bicyclic) bond motifs is 1. The van der Waals surface area contributed by atoms with Crippen LogP contribution in [-0.4, -0.2) is 25.5 Å². The highest BCUT2D eigenvalue weighted by atomic mass is 16.5. The fraction of sp³-hybridized carbons (Fsp3) is 0.231. The molecule has 158 valence electrons. The van der Waals surface area contributed by atoms with Gasteiger partial charge in [0.25, 0.3) is 5.91 Å². The molecule has 4 rings (SSSR count). The molecule has 0 bridgehead atoms. The van der Waals surface area contributed by atoms with E-state index in [1.54, 1.807) is 7.11 Å². The number of carbonyl (C=O) groups excluding carboxylic acids is 2. The molecule has 3 aromatic rings. The Morgan fingerprint density at radius 2 is 1.68 bits per heavy atom. The quantitative estimate of drug-likeness (QED) is 0.661. The zero-order valence-electron chi connectivity index (χ0n) is 17.6. The standard InChI is InChI=1S/C26H26N2O3/c1-31-22-15-13-19(14-16-22)18-24(29)27-25(21-9-3-2-4-10-21)26(30)28-17-7-11-20-8-5-6-12-23(20)28/h2-6,8-10,12-16,25H,7,11,17-18H2,1H3,(H,27,29). The van der Waals surface area contributed by atoms with Crippen molar-refractivity contribution in [2.24, 2.45) is 0 Å². The Morgan fingerprint density at radius 3 is 2.42 bits per heavy atom. The molecule has 0 radical (unpaired) electrons. The highest BCUT2D eigenvalue weighted by Crippen LogP contribution is 2.29. The SMILES string of the molecule is COc1ccc(CC(=O)NC(C(=O)N2CCCc3ccccc32)c2ccccc2)cc1. The summed E-state index contributed by atoms with van der Waals surface area (Å²) >= 11 is 0. The van der Waals surface area contributed by atoms with Crippen LogP contribution in [0.4, 0.5) is 5.69 Å². The number of benzene rings is 3. The van der Waals surface area contributed by atoms with E-state index in [4.69, 9.17) is 4.74 Å². The van der Waals surface area contributed by atoms with Crippen LogP contribution in [0.25, 0.3) is 0 Å². The molecule has 0 aliphatic carbocycles. The van der Waals surface area contributed by atoms with Gasteiger partial charge in [-0.2, -0.15) is 0 Å². The maximum absolute atomic E-state index is 13.6. The van der Waals surface area contributed by atoms with E-state index in [0.717, 1.165) is 35.4 Å². The number of nitrogens with zero attached hydrogens (tertiary/aromatic N) is 1. The molecule has 2 amide bonds. The average molecular weight is 415 g/mol. The van der Waals surface area contributed by atoms with Crippen molar-refractivity contribution in [1.82, 2.24) is 5.32 Å². The third kappa shape index (κ3) is 4.77. The number of anilines is 1. The molecule has 3 aromatic carbocycles. The number of rotatable bonds is 6. The van der Waals surface area contributed by atoms with Crippen molar-refractivity contribution >= 4 is 17.5 Å². The van der Waals surface area contributed by atoms with E-state index in [0.29, 0.717) is 6.54 Å². The molecule has 1 unspecified atom stereocenters. The predicted molar refractivity (Wildman–Crippen MR) is 121 cm³/mol. The van der Waals surface area contributed by atoms with Crippen molar-refractivity contribution in [2.75, 3.05) is 18.6 Å². The topological polar surface area (TPSA) is 58.6 Å². The molecule has 0 spiro atoms. The Balaban J connectivity index is 1.56. The summed E-state index contributed by atoms with van der Waals surface area (Å²) in [7, 11) is 1.61. The summed E-state index contributed by atoms with van der Waals surface area (Å²) in [6.07, 6.45) is 2.06. The summed E-state index contributed by atoms with van der Waals surface area (Å²) in [5.74, 6) is 0.435. The maximum Gasteiger partial charge on any atom is 0.254 e. The minimum atomic E-state index is -0.738. The van der Waals surface area contributed by atoms with E-state index < -0.39 is 6.04 Å². The van der Waals surface area contributed by atoms with Gasteiger partial charge in [0.15, 0.2) is 0 Å². The van der Waals surface area contributed by atoms with E-state index in [9.17, 15) is 9.59 Å². The highest BCUT2D eigenvalue weighted by Gasteiger charge is 2.30. The van der Waals surface area contributed by atoms with Crippen LogP contribution >= 0.6 is 0 Å². The lowest BCUT2D eigenvalue weighted by Crippen LogP contribution is -2.45. The Morgan fingerprint density at radius 1 is 0.968 bits per heavy atom. The van der Waals surface area contributed by atoms with Crippen LogP contribution in [-0.2, 0) is 22.4 Å². The summed E-state index contributed by atoms with van der Waals surface area (Å²) in [5, 5.41) is 2.98. The molecular formula is C26H26N2O3. The molecule has 0 saturated carbocycles. The van der Waals surface area contributed by atoms with Crippen LogP contribution in [0.5, 0.6) is 5.75 Å². The van der Waals surface area contributed by atoms with Crippen molar-refractivity contribution in [3.8, 4) is 5.75 Å². The number of amides is 2. The van der Waals surface area contributed by atoms with Crippen LogP contribution in [0.2, 0.25) is 0 Å². The van der Waals surface area contributed by atoms with E-state index in [2.05, 4.69) is 11.4 Å². The molecule has 0 aromatic heterocycles.